The molecule has 3 saturated carbocycles. The number of aliphatic hydroxyl groups excluding tert-OH is 2. The van der Waals surface area contributed by atoms with E-state index in [9.17, 15) is 19.3 Å². The molecule has 4 aliphatic carbocycles. The van der Waals surface area contributed by atoms with Crippen molar-refractivity contribution >= 4 is 20.1 Å². The van der Waals surface area contributed by atoms with E-state index in [1.807, 2.05) is 0 Å². The van der Waals surface area contributed by atoms with Gasteiger partial charge < -0.3 is 28.9 Å². The van der Waals surface area contributed by atoms with Gasteiger partial charge in [-0.1, -0.05) is 93.2 Å². The van der Waals surface area contributed by atoms with E-state index in [0.717, 1.165) is 74.0 Å². The van der Waals surface area contributed by atoms with E-state index in [1.54, 1.807) is 10.5 Å². The van der Waals surface area contributed by atoms with E-state index >= 15 is 0 Å². The molecule has 9 nitrogen and oxygen atoms in total. The first-order chi connectivity index (χ1) is 24.9. The minimum atomic E-state index is -2.74. The molecule has 1 heterocycles. The van der Waals surface area contributed by atoms with Crippen LogP contribution in [0.1, 0.15) is 165 Å². The van der Waals surface area contributed by atoms with E-state index in [2.05, 4.69) is 40.7 Å². The summed E-state index contributed by atoms with van der Waals surface area (Å²) in [5, 5.41) is 18.9. The average molecular weight is 871 g/mol. The van der Waals surface area contributed by atoms with Crippen molar-refractivity contribution < 1.29 is 70.9 Å². The van der Waals surface area contributed by atoms with Gasteiger partial charge in [0.2, 0.25) is 5.91 Å². The van der Waals surface area contributed by atoms with Crippen LogP contribution in [0.25, 0.3) is 0 Å². The van der Waals surface area contributed by atoms with Crippen molar-refractivity contribution in [2.24, 2.45) is 46.3 Å². The predicted octanol–water partition coefficient (Wildman–Crippen LogP) is 9.93. The summed E-state index contributed by atoms with van der Waals surface area (Å²) in [6.45, 7) is 12.4. The fourth-order valence-electron chi connectivity index (χ4n) is 11.7. The molecule has 317 valence electrons. The quantitative estimate of drug-likeness (QED) is 0.0570. The van der Waals surface area contributed by atoms with Gasteiger partial charge in [0.25, 0.3) is 0 Å². The van der Waals surface area contributed by atoms with Gasteiger partial charge >= 0.3 is 14.2 Å². The van der Waals surface area contributed by atoms with Gasteiger partial charge in [0.15, 0.2) is 0 Å². The number of carbonyl (C=O) groups excluding carboxylic acids is 2. The average Bonchev–Trinajstić information content (AvgIpc) is 3.66. The molecule has 11 heteroatoms. The van der Waals surface area contributed by atoms with Gasteiger partial charge in [-0.3, -0.25) is 14.2 Å². The normalized spacial score (nSPS) is 33.5. The van der Waals surface area contributed by atoms with Crippen molar-refractivity contribution in [2.75, 3.05) is 26.4 Å². The summed E-state index contributed by atoms with van der Waals surface area (Å²) in [6.07, 6.45) is 20.2. The maximum Gasteiger partial charge on any atom is 0.319 e. The summed E-state index contributed by atoms with van der Waals surface area (Å²) in [6, 6.07) is -0.344. The van der Waals surface area contributed by atoms with E-state index in [1.165, 1.54) is 51.4 Å². The first kappa shape index (κ1) is 51.0. The number of likely N-dealkylation sites (tertiary alicyclic amines) is 1. The number of nitrogens with zero attached hydrogens (tertiary/aromatic N) is 1. The van der Waals surface area contributed by atoms with Crippen LogP contribution in [-0.2, 0) is 60.6 Å². The zero-order chi connectivity index (χ0) is 37.5. The van der Waals surface area contributed by atoms with Crippen LogP contribution < -0.4 is 0 Å². The first-order valence-corrected chi connectivity index (χ1v) is 22.3. The molecule has 1 aliphatic heterocycles. The third-order valence-electron chi connectivity index (χ3n) is 14.5. The maximum absolute atomic E-state index is 12.9. The van der Waals surface area contributed by atoms with Gasteiger partial charge in [-0.05, 0) is 111 Å². The fourth-order valence-corrected chi connectivity index (χ4v) is 12.4. The zero-order valence-electron chi connectivity index (χ0n) is 33.7. The Morgan fingerprint density at radius 1 is 0.945 bits per heavy atom. The van der Waals surface area contributed by atoms with Crippen LogP contribution in [-0.4, -0.2) is 71.6 Å². The number of rotatable bonds is 19. The molecule has 0 bridgehead atoms. The number of carbonyl (C=O) groups is 2. The van der Waals surface area contributed by atoms with Gasteiger partial charge in [-0.15, -0.1) is 0 Å². The summed E-state index contributed by atoms with van der Waals surface area (Å²) >= 11 is 0. The molecule has 55 heavy (non-hydrogen) atoms. The van der Waals surface area contributed by atoms with Crippen molar-refractivity contribution in [3.05, 3.63) is 11.6 Å². The second-order valence-corrected chi connectivity index (χ2v) is 19.4. The monoisotopic (exact) mass is 870 g/mol. The molecule has 4 fully saturated rings. The van der Waals surface area contributed by atoms with E-state index in [4.69, 9.17) is 18.9 Å². The number of amides is 1. The maximum atomic E-state index is 12.9. The SMILES string of the molecule is C.C.CC(C)CCC[C@H](C)[C@H]1CCC2C3CC=C4C[C@@H](OC(=O)CCCCCCC(=O)N5C[C@H](O)C[C@H]5CO[PH](=O)OCCO)CC[C@]4(C)C3CC[C@@]21C.[Y]. The van der Waals surface area contributed by atoms with E-state index in [-0.39, 0.29) is 103 Å². The summed E-state index contributed by atoms with van der Waals surface area (Å²) in [5.41, 5.74) is 2.31. The molecule has 5 aliphatic rings. The second-order valence-electron chi connectivity index (χ2n) is 18.3. The standard InChI is InChI=1S/C42H72NO8P.2CH4.Y/c1-29(2)11-10-12-30(3)36-17-18-37-35-16-15-31-25-34(19-21-41(31,4)38(35)20-22-42(36,37)5)51-40(47)14-9-7-6-8-13-39(46)43-27-33(45)26-32(43)28-50-52(48)49-24-23-44;;;/h15,29-30,32-38,44-45,52H,6-14,16-28H2,1-5H3;2*1H4;/t30-,32-,33+,34-,35?,36+,37?,38?,41-,42+;;;/m0.../s1. The molecule has 2 N–H and O–H groups in total. The second kappa shape index (κ2) is 23.6. The third-order valence-corrected chi connectivity index (χ3v) is 15.3. The number of β-amino-alcohol motifs (C(OH)–C–C–N with tert-alkyl or cyclic N) is 1. The summed E-state index contributed by atoms with van der Waals surface area (Å²) in [7, 11) is -2.74. The van der Waals surface area contributed by atoms with Gasteiger partial charge in [0.05, 0.1) is 32.0 Å². The molecular formula is C44H80NO8PY. The van der Waals surface area contributed by atoms with Crippen LogP contribution in [0.15, 0.2) is 11.6 Å². The van der Waals surface area contributed by atoms with Crippen molar-refractivity contribution in [1.82, 2.24) is 4.90 Å². The molecule has 0 aromatic rings. The minimum Gasteiger partial charge on any atom is -0.462 e. The Morgan fingerprint density at radius 2 is 1.67 bits per heavy atom. The number of esters is 1. The molecule has 0 spiro atoms. The Hall–Kier alpha value is -0.146. The number of fused-ring (bicyclic) bond motifs is 5. The van der Waals surface area contributed by atoms with Crippen LogP contribution in [0, 0.1) is 46.3 Å². The van der Waals surface area contributed by atoms with Crippen LogP contribution in [0.4, 0.5) is 0 Å². The van der Waals surface area contributed by atoms with E-state index < -0.39 is 14.4 Å². The molecule has 1 radical (unpaired) electrons. The Balaban J connectivity index is 0.00000348. The number of aliphatic hydroxyl groups is 2. The molecule has 1 saturated heterocycles. The Kier molecular flexibility index (Phi) is 21.9. The Bertz CT molecular complexity index is 1250. The summed E-state index contributed by atoms with van der Waals surface area (Å²) < 4.78 is 28.0. The predicted molar refractivity (Wildman–Crippen MR) is 218 cm³/mol. The van der Waals surface area contributed by atoms with Crippen molar-refractivity contribution in [3.63, 3.8) is 0 Å². The Labute approximate surface area is 361 Å². The molecular weight excluding hydrogens is 790 g/mol. The third kappa shape index (κ3) is 12.9. The number of allylic oxidation sites excluding steroid dienone is 1. The largest absolute Gasteiger partial charge is 0.462 e. The van der Waals surface area contributed by atoms with E-state index in [0.29, 0.717) is 31.1 Å². The van der Waals surface area contributed by atoms with Crippen LogP contribution in [0.2, 0.25) is 0 Å². The van der Waals surface area contributed by atoms with Crippen molar-refractivity contribution in [3.8, 4) is 0 Å². The zero-order valence-corrected chi connectivity index (χ0v) is 37.5. The topological polar surface area (TPSA) is 123 Å². The number of unbranched alkanes of at least 4 members (excludes halogenated alkanes) is 3. The summed E-state index contributed by atoms with van der Waals surface area (Å²) in [4.78, 5) is 27.4. The first-order valence-electron chi connectivity index (χ1n) is 21.1. The molecule has 1 amide bonds. The van der Waals surface area contributed by atoms with Crippen LogP contribution in [0.3, 0.4) is 0 Å². The summed E-state index contributed by atoms with van der Waals surface area (Å²) in [5.74, 6) is 4.81. The van der Waals surface area contributed by atoms with Crippen LogP contribution >= 0.6 is 8.25 Å². The smallest absolute Gasteiger partial charge is 0.319 e. The Morgan fingerprint density at radius 3 is 2.38 bits per heavy atom. The van der Waals surface area contributed by atoms with Gasteiger partial charge in [0, 0.05) is 58.5 Å². The van der Waals surface area contributed by atoms with Gasteiger partial charge in [0.1, 0.15) is 6.10 Å². The molecule has 0 aromatic heterocycles. The molecule has 5 rings (SSSR count). The fraction of sp³-hybridized carbons (Fsp3) is 0.909. The molecule has 11 atom stereocenters. The molecule has 4 unspecified atom stereocenters. The van der Waals surface area contributed by atoms with Crippen molar-refractivity contribution in [1.29, 1.82) is 0 Å². The van der Waals surface area contributed by atoms with Gasteiger partial charge in [-0.25, -0.2) is 0 Å². The van der Waals surface area contributed by atoms with Crippen LogP contribution in [0.5, 0.6) is 0 Å². The number of hydrogen-bond acceptors (Lipinski definition) is 8. The van der Waals surface area contributed by atoms with Gasteiger partial charge in [-0.2, -0.15) is 0 Å². The number of ether oxygens (including phenoxy) is 1. The molecule has 0 aromatic carbocycles. The van der Waals surface area contributed by atoms with Crippen molar-refractivity contribution in [2.45, 2.75) is 183 Å². The minimum absolute atomic E-state index is 0. The number of hydrogen-bond donors (Lipinski definition) is 2.